The van der Waals surface area contributed by atoms with Crippen LogP contribution in [0.2, 0.25) is 0 Å². The first kappa shape index (κ1) is 17.6. The molecule has 1 aromatic rings. The molecular weight excluding hydrogens is 288 g/mol. The highest BCUT2D eigenvalue weighted by atomic mass is 32.1. The van der Waals surface area contributed by atoms with Crippen molar-refractivity contribution in [3.05, 3.63) is 10.6 Å². The van der Waals surface area contributed by atoms with Gasteiger partial charge in [0.2, 0.25) is 11.8 Å². The number of rotatable bonds is 6. The standard InChI is InChI=1S/C14H24N4O2S/c1-8(2)15-12(19)7-18(6)10(4)13(20)17-14-16-9(3)11(5)21-14/h8,10H,7H2,1-6H3,(H,15,19)(H,16,17,20). The number of nitrogens with one attached hydrogen (secondary N) is 2. The van der Waals surface area contributed by atoms with Crippen LogP contribution in [0.15, 0.2) is 0 Å². The van der Waals surface area contributed by atoms with Crippen molar-refractivity contribution in [2.75, 3.05) is 18.9 Å². The number of hydrogen-bond acceptors (Lipinski definition) is 5. The summed E-state index contributed by atoms with van der Waals surface area (Å²) in [5, 5.41) is 6.20. The summed E-state index contributed by atoms with van der Waals surface area (Å²) in [4.78, 5) is 30.9. The van der Waals surface area contributed by atoms with Gasteiger partial charge in [-0.2, -0.15) is 0 Å². The normalized spacial score (nSPS) is 12.6. The zero-order valence-corrected chi connectivity index (χ0v) is 14.3. The first-order valence-corrected chi connectivity index (χ1v) is 7.76. The summed E-state index contributed by atoms with van der Waals surface area (Å²) in [6.45, 7) is 9.64. The van der Waals surface area contributed by atoms with E-state index in [4.69, 9.17) is 0 Å². The Kier molecular flexibility index (Phi) is 6.29. The van der Waals surface area contributed by atoms with E-state index in [-0.39, 0.29) is 24.4 Å². The molecule has 0 aliphatic heterocycles. The third kappa shape index (κ3) is 5.43. The van der Waals surface area contributed by atoms with Crippen molar-refractivity contribution >= 4 is 28.3 Å². The van der Waals surface area contributed by atoms with Gasteiger partial charge in [-0.15, -0.1) is 11.3 Å². The average molecular weight is 312 g/mol. The fraction of sp³-hybridized carbons (Fsp3) is 0.643. The Balaban J connectivity index is 2.55. The predicted molar refractivity (Wildman–Crippen MR) is 85.6 cm³/mol. The zero-order chi connectivity index (χ0) is 16.2. The number of amides is 2. The van der Waals surface area contributed by atoms with E-state index in [1.54, 1.807) is 18.9 Å². The van der Waals surface area contributed by atoms with Crippen molar-refractivity contribution in [2.45, 2.75) is 46.7 Å². The van der Waals surface area contributed by atoms with Crippen molar-refractivity contribution in [1.82, 2.24) is 15.2 Å². The number of aryl methyl sites for hydroxylation is 2. The Labute approximate surface area is 129 Å². The quantitative estimate of drug-likeness (QED) is 0.835. The number of nitrogens with zero attached hydrogens (tertiary/aromatic N) is 2. The van der Waals surface area contributed by atoms with Crippen molar-refractivity contribution in [1.29, 1.82) is 0 Å². The number of thiazole rings is 1. The second kappa shape index (κ2) is 7.51. The van der Waals surface area contributed by atoms with Gasteiger partial charge < -0.3 is 10.6 Å². The molecule has 0 aromatic carbocycles. The second-order valence-electron chi connectivity index (χ2n) is 5.46. The molecule has 0 fully saturated rings. The highest BCUT2D eigenvalue weighted by molar-refractivity contribution is 7.15. The molecule has 6 nitrogen and oxygen atoms in total. The fourth-order valence-corrected chi connectivity index (χ4v) is 2.48. The molecule has 0 bridgehead atoms. The van der Waals surface area contributed by atoms with E-state index in [9.17, 15) is 9.59 Å². The summed E-state index contributed by atoms with van der Waals surface area (Å²) in [5.41, 5.74) is 0.924. The molecular formula is C14H24N4O2S. The zero-order valence-electron chi connectivity index (χ0n) is 13.5. The summed E-state index contributed by atoms with van der Waals surface area (Å²) in [7, 11) is 1.75. The van der Waals surface area contributed by atoms with E-state index in [1.807, 2.05) is 27.7 Å². The van der Waals surface area contributed by atoms with Crippen LogP contribution in [0.5, 0.6) is 0 Å². The molecule has 7 heteroatoms. The van der Waals surface area contributed by atoms with E-state index in [2.05, 4.69) is 15.6 Å². The van der Waals surface area contributed by atoms with Gasteiger partial charge in [0.1, 0.15) is 0 Å². The molecule has 0 aliphatic carbocycles. The Hall–Kier alpha value is -1.47. The minimum atomic E-state index is -0.410. The van der Waals surface area contributed by atoms with Crippen LogP contribution in [-0.4, -0.2) is 47.4 Å². The van der Waals surface area contributed by atoms with E-state index < -0.39 is 6.04 Å². The molecule has 0 saturated heterocycles. The number of likely N-dealkylation sites (N-methyl/N-ethyl adjacent to an activating group) is 1. The number of carbonyl (C=O) groups is 2. The van der Waals surface area contributed by atoms with Gasteiger partial charge in [-0.25, -0.2) is 4.98 Å². The Morgan fingerprint density at radius 1 is 1.29 bits per heavy atom. The number of carbonyl (C=O) groups excluding carboxylic acids is 2. The van der Waals surface area contributed by atoms with Gasteiger partial charge >= 0.3 is 0 Å². The van der Waals surface area contributed by atoms with Crippen LogP contribution in [0.25, 0.3) is 0 Å². The molecule has 118 valence electrons. The Morgan fingerprint density at radius 2 is 1.90 bits per heavy atom. The first-order chi connectivity index (χ1) is 9.70. The predicted octanol–water partition coefficient (Wildman–Crippen LogP) is 1.54. The minimum Gasteiger partial charge on any atom is -0.353 e. The lowest BCUT2D eigenvalue weighted by molar-refractivity contribution is -0.125. The summed E-state index contributed by atoms with van der Waals surface area (Å²) < 4.78 is 0. The van der Waals surface area contributed by atoms with Gasteiger partial charge in [0, 0.05) is 10.9 Å². The molecule has 2 amide bonds. The maximum Gasteiger partial charge on any atom is 0.243 e. The molecule has 1 heterocycles. The maximum atomic E-state index is 12.2. The molecule has 0 spiro atoms. The van der Waals surface area contributed by atoms with Crippen LogP contribution < -0.4 is 10.6 Å². The molecule has 0 aliphatic rings. The number of anilines is 1. The molecule has 1 unspecified atom stereocenters. The fourth-order valence-electron chi connectivity index (χ4n) is 1.67. The van der Waals surface area contributed by atoms with Crippen molar-refractivity contribution in [2.24, 2.45) is 0 Å². The van der Waals surface area contributed by atoms with Gasteiger partial charge in [0.05, 0.1) is 18.3 Å². The van der Waals surface area contributed by atoms with Crippen LogP contribution in [0.3, 0.4) is 0 Å². The van der Waals surface area contributed by atoms with Crippen LogP contribution in [0, 0.1) is 13.8 Å². The second-order valence-corrected chi connectivity index (χ2v) is 6.67. The lowest BCUT2D eigenvalue weighted by Gasteiger charge is -2.23. The molecule has 1 aromatic heterocycles. The van der Waals surface area contributed by atoms with E-state index >= 15 is 0 Å². The van der Waals surface area contributed by atoms with Gasteiger partial charge in [-0.05, 0) is 41.7 Å². The monoisotopic (exact) mass is 312 g/mol. The van der Waals surface area contributed by atoms with Crippen LogP contribution >= 0.6 is 11.3 Å². The SMILES string of the molecule is Cc1nc(NC(=O)C(C)N(C)CC(=O)NC(C)C)sc1C. The molecule has 0 radical (unpaired) electrons. The third-order valence-electron chi connectivity index (χ3n) is 3.14. The Bertz CT molecular complexity index is 494. The third-order valence-corrected chi connectivity index (χ3v) is 4.13. The minimum absolute atomic E-state index is 0.0897. The van der Waals surface area contributed by atoms with Gasteiger partial charge in [-0.3, -0.25) is 14.5 Å². The van der Waals surface area contributed by atoms with Crippen molar-refractivity contribution in [3.63, 3.8) is 0 Å². The van der Waals surface area contributed by atoms with Crippen molar-refractivity contribution in [3.8, 4) is 0 Å². The first-order valence-electron chi connectivity index (χ1n) is 6.95. The average Bonchev–Trinajstić information content (AvgIpc) is 2.65. The smallest absolute Gasteiger partial charge is 0.243 e. The van der Waals surface area contributed by atoms with E-state index in [1.165, 1.54) is 11.3 Å². The molecule has 21 heavy (non-hydrogen) atoms. The summed E-state index contributed by atoms with van der Waals surface area (Å²) in [5.74, 6) is -0.253. The van der Waals surface area contributed by atoms with Crippen LogP contribution in [0.4, 0.5) is 5.13 Å². The summed E-state index contributed by atoms with van der Waals surface area (Å²) >= 11 is 1.45. The lowest BCUT2D eigenvalue weighted by Crippen LogP contribution is -2.45. The van der Waals surface area contributed by atoms with Crippen LogP contribution in [0.1, 0.15) is 31.3 Å². The molecule has 0 saturated carbocycles. The summed E-state index contributed by atoms with van der Waals surface area (Å²) in [6, 6.07) is -0.316. The van der Waals surface area contributed by atoms with Gasteiger partial charge in [0.15, 0.2) is 5.13 Å². The molecule has 1 atom stereocenters. The number of aromatic nitrogens is 1. The van der Waals surface area contributed by atoms with Crippen LogP contribution in [-0.2, 0) is 9.59 Å². The van der Waals surface area contributed by atoms with Gasteiger partial charge in [0.25, 0.3) is 0 Å². The van der Waals surface area contributed by atoms with E-state index in [0.29, 0.717) is 5.13 Å². The molecule has 1 rings (SSSR count). The number of hydrogen-bond donors (Lipinski definition) is 2. The van der Waals surface area contributed by atoms with Crippen molar-refractivity contribution < 1.29 is 9.59 Å². The van der Waals surface area contributed by atoms with Gasteiger partial charge in [-0.1, -0.05) is 0 Å². The highest BCUT2D eigenvalue weighted by Gasteiger charge is 2.21. The topological polar surface area (TPSA) is 74.3 Å². The Morgan fingerprint density at radius 3 is 2.38 bits per heavy atom. The molecule has 2 N–H and O–H groups in total. The summed E-state index contributed by atoms with van der Waals surface area (Å²) in [6.07, 6.45) is 0. The maximum absolute atomic E-state index is 12.2. The largest absolute Gasteiger partial charge is 0.353 e. The highest BCUT2D eigenvalue weighted by Crippen LogP contribution is 2.21. The lowest BCUT2D eigenvalue weighted by atomic mass is 10.2. The van der Waals surface area contributed by atoms with E-state index in [0.717, 1.165) is 10.6 Å².